The summed E-state index contributed by atoms with van der Waals surface area (Å²) in [5.74, 6) is 0.812. The quantitative estimate of drug-likeness (QED) is 0.758. The molecule has 1 aliphatic carbocycles. The zero-order valence-electron chi connectivity index (χ0n) is 8.54. The number of nitrogens with zero attached hydrogens (tertiary/aromatic N) is 1. The first-order valence-corrected chi connectivity index (χ1v) is 5.59. The van der Waals surface area contributed by atoms with Crippen LogP contribution in [0.3, 0.4) is 0 Å². The van der Waals surface area contributed by atoms with Crippen molar-refractivity contribution in [3.8, 4) is 0 Å². The highest BCUT2D eigenvalue weighted by molar-refractivity contribution is 6.29. The van der Waals surface area contributed by atoms with E-state index < -0.39 is 0 Å². The van der Waals surface area contributed by atoms with Crippen LogP contribution in [-0.2, 0) is 0 Å². The van der Waals surface area contributed by atoms with Gasteiger partial charge >= 0.3 is 0 Å². The lowest BCUT2D eigenvalue weighted by Gasteiger charge is -2.14. The summed E-state index contributed by atoms with van der Waals surface area (Å²) in [6.07, 6.45) is 3.27. The SMILES string of the molecule is OCCC1(CNc2cccc(Cl)n2)CC1. The van der Waals surface area contributed by atoms with Gasteiger partial charge in [-0.2, -0.15) is 0 Å². The predicted octanol–water partition coefficient (Wildman–Crippen LogP) is 2.31. The molecule has 1 saturated carbocycles. The number of anilines is 1. The molecule has 0 spiro atoms. The number of pyridine rings is 1. The molecule has 1 aliphatic rings. The first kappa shape index (κ1) is 10.7. The second-order valence-electron chi connectivity index (χ2n) is 4.17. The number of hydrogen-bond acceptors (Lipinski definition) is 3. The van der Waals surface area contributed by atoms with Gasteiger partial charge < -0.3 is 10.4 Å². The van der Waals surface area contributed by atoms with Gasteiger partial charge in [0.1, 0.15) is 11.0 Å². The Morgan fingerprint density at radius 3 is 2.87 bits per heavy atom. The van der Waals surface area contributed by atoms with E-state index >= 15 is 0 Å². The van der Waals surface area contributed by atoms with Crippen LogP contribution in [0.1, 0.15) is 19.3 Å². The highest BCUT2D eigenvalue weighted by Crippen LogP contribution is 2.48. The molecule has 0 saturated heterocycles. The molecule has 0 atom stereocenters. The van der Waals surface area contributed by atoms with Crippen LogP contribution in [0.2, 0.25) is 5.15 Å². The molecule has 1 aromatic rings. The largest absolute Gasteiger partial charge is 0.396 e. The number of aliphatic hydroxyl groups is 1. The molecule has 0 aromatic carbocycles. The monoisotopic (exact) mass is 226 g/mol. The Bertz CT molecular complexity index is 339. The van der Waals surface area contributed by atoms with Gasteiger partial charge in [0, 0.05) is 13.2 Å². The van der Waals surface area contributed by atoms with Crippen LogP contribution >= 0.6 is 11.6 Å². The average molecular weight is 227 g/mol. The van der Waals surface area contributed by atoms with E-state index in [2.05, 4.69) is 10.3 Å². The number of halogens is 1. The molecule has 82 valence electrons. The lowest BCUT2D eigenvalue weighted by atomic mass is 10.0. The van der Waals surface area contributed by atoms with E-state index in [1.807, 2.05) is 12.1 Å². The van der Waals surface area contributed by atoms with Crippen molar-refractivity contribution in [3.05, 3.63) is 23.4 Å². The number of hydrogen-bond donors (Lipinski definition) is 2. The van der Waals surface area contributed by atoms with E-state index in [0.717, 1.165) is 18.8 Å². The Kier molecular flexibility index (Phi) is 3.12. The van der Waals surface area contributed by atoms with Crippen molar-refractivity contribution in [2.75, 3.05) is 18.5 Å². The third kappa shape index (κ3) is 2.83. The third-order valence-corrected chi connectivity index (χ3v) is 3.17. The minimum absolute atomic E-state index is 0.269. The maximum atomic E-state index is 8.92. The molecule has 15 heavy (non-hydrogen) atoms. The van der Waals surface area contributed by atoms with Crippen LogP contribution in [0.15, 0.2) is 18.2 Å². The van der Waals surface area contributed by atoms with E-state index in [-0.39, 0.29) is 6.61 Å². The van der Waals surface area contributed by atoms with Gasteiger partial charge in [0.2, 0.25) is 0 Å². The van der Waals surface area contributed by atoms with Gasteiger partial charge in [-0.1, -0.05) is 17.7 Å². The van der Waals surface area contributed by atoms with Crippen molar-refractivity contribution < 1.29 is 5.11 Å². The number of aromatic nitrogens is 1. The van der Waals surface area contributed by atoms with Crippen molar-refractivity contribution in [3.63, 3.8) is 0 Å². The van der Waals surface area contributed by atoms with Gasteiger partial charge in [0.15, 0.2) is 0 Å². The van der Waals surface area contributed by atoms with Crippen molar-refractivity contribution >= 4 is 17.4 Å². The summed E-state index contributed by atoms with van der Waals surface area (Å²) in [5, 5.41) is 12.7. The van der Waals surface area contributed by atoms with Crippen LogP contribution in [0.25, 0.3) is 0 Å². The predicted molar refractivity (Wildman–Crippen MR) is 61.1 cm³/mol. The lowest BCUT2D eigenvalue weighted by Crippen LogP contribution is -2.17. The van der Waals surface area contributed by atoms with Gasteiger partial charge in [-0.05, 0) is 36.8 Å². The van der Waals surface area contributed by atoms with E-state index in [1.54, 1.807) is 6.07 Å². The standard InChI is InChI=1S/C11H15ClN2O/c12-9-2-1-3-10(14-9)13-8-11(4-5-11)6-7-15/h1-3,15H,4-8H2,(H,13,14). The van der Waals surface area contributed by atoms with Gasteiger partial charge in [0.05, 0.1) is 0 Å². The van der Waals surface area contributed by atoms with Crippen LogP contribution in [-0.4, -0.2) is 23.2 Å². The summed E-state index contributed by atoms with van der Waals surface area (Å²) < 4.78 is 0. The van der Waals surface area contributed by atoms with Crippen LogP contribution in [0.5, 0.6) is 0 Å². The van der Waals surface area contributed by atoms with Gasteiger partial charge in [-0.15, -0.1) is 0 Å². The van der Waals surface area contributed by atoms with Crippen LogP contribution in [0, 0.1) is 5.41 Å². The molecule has 1 fully saturated rings. The minimum Gasteiger partial charge on any atom is -0.396 e. The van der Waals surface area contributed by atoms with Crippen LogP contribution < -0.4 is 5.32 Å². The molecule has 0 unspecified atom stereocenters. The molecule has 0 aliphatic heterocycles. The normalized spacial score (nSPS) is 17.5. The van der Waals surface area contributed by atoms with Crippen molar-refractivity contribution in [1.82, 2.24) is 4.98 Å². The molecule has 1 aromatic heterocycles. The Hall–Kier alpha value is -0.800. The van der Waals surface area contributed by atoms with E-state index in [0.29, 0.717) is 10.6 Å². The van der Waals surface area contributed by atoms with Gasteiger partial charge in [-0.3, -0.25) is 0 Å². The van der Waals surface area contributed by atoms with E-state index in [9.17, 15) is 0 Å². The van der Waals surface area contributed by atoms with E-state index in [1.165, 1.54) is 12.8 Å². The number of nitrogens with one attached hydrogen (secondary N) is 1. The Morgan fingerprint density at radius 1 is 1.47 bits per heavy atom. The average Bonchev–Trinajstić information content (AvgIpc) is 2.97. The first-order chi connectivity index (χ1) is 7.24. The zero-order chi connectivity index (χ0) is 10.7. The summed E-state index contributed by atoms with van der Waals surface area (Å²) >= 11 is 5.78. The molecular formula is C11H15ClN2O. The molecule has 2 rings (SSSR count). The fraction of sp³-hybridized carbons (Fsp3) is 0.545. The fourth-order valence-electron chi connectivity index (χ4n) is 1.71. The summed E-state index contributed by atoms with van der Waals surface area (Å²) in [5.41, 5.74) is 0.304. The number of rotatable bonds is 5. The number of aliphatic hydroxyl groups excluding tert-OH is 1. The Labute approximate surface area is 94.5 Å². The molecule has 1 heterocycles. The molecule has 4 heteroatoms. The topological polar surface area (TPSA) is 45.1 Å². The lowest BCUT2D eigenvalue weighted by molar-refractivity contribution is 0.253. The van der Waals surface area contributed by atoms with Crippen LogP contribution in [0.4, 0.5) is 5.82 Å². The van der Waals surface area contributed by atoms with Crippen molar-refractivity contribution in [2.24, 2.45) is 5.41 Å². The molecule has 0 bridgehead atoms. The Balaban J connectivity index is 1.88. The Morgan fingerprint density at radius 2 is 2.27 bits per heavy atom. The molecule has 0 amide bonds. The first-order valence-electron chi connectivity index (χ1n) is 5.21. The summed E-state index contributed by atoms with van der Waals surface area (Å²) in [6, 6.07) is 5.54. The third-order valence-electron chi connectivity index (χ3n) is 2.96. The maximum Gasteiger partial charge on any atom is 0.131 e. The minimum atomic E-state index is 0.269. The van der Waals surface area contributed by atoms with Gasteiger partial charge in [-0.25, -0.2) is 4.98 Å². The summed E-state index contributed by atoms with van der Waals surface area (Å²) in [6.45, 7) is 1.14. The van der Waals surface area contributed by atoms with Crippen molar-refractivity contribution in [2.45, 2.75) is 19.3 Å². The second kappa shape index (κ2) is 4.37. The molecule has 2 N–H and O–H groups in total. The second-order valence-corrected chi connectivity index (χ2v) is 4.56. The van der Waals surface area contributed by atoms with Gasteiger partial charge in [0.25, 0.3) is 0 Å². The zero-order valence-corrected chi connectivity index (χ0v) is 9.30. The fourth-order valence-corrected chi connectivity index (χ4v) is 1.88. The maximum absolute atomic E-state index is 8.92. The molecule has 3 nitrogen and oxygen atoms in total. The molecular weight excluding hydrogens is 212 g/mol. The van der Waals surface area contributed by atoms with E-state index in [4.69, 9.17) is 16.7 Å². The van der Waals surface area contributed by atoms with Crippen molar-refractivity contribution in [1.29, 1.82) is 0 Å². The molecule has 0 radical (unpaired) electrons. The smallest absolute Gasteiger partial charge is 0.131 e. The summed E-state index contributed by atoms with van der Waals surface area (Å²) in [7, 11) is 0. The highest BCUT2D eigenvalue weighted by Gasteiger charge is 2.41. The highest BCUT2D eigenvalue weighted by atomic mass is 35.5. The summed E-state index contributed by atoms with van der Waals surface area (Å²) in [4.78, 5) is 4.16.